The Labute approximate surface area is 84.8 Å². The molecule has 14 heavy (non-hydrogen) atoms. The van der Waals surface area contributed by atoms with Crippen LogP contribution in [-0.4, -0.2) is 55.2 Å². The Morgan fingerprint density at radius 1 is 1.57 bits per heavy atom. The first-order chi connectivity index (χ1) is 6.77. The van der Waals surface area contributed by atoms with Crippen molar-refractivity contribution in [1.82, 2.24) is 4.90 Å². The number of likely N-dealkylation sites (tertiary alicyclic amines) is 1. The zero-order chi connectivity index (χ0) is 10.4. The van der Waals surface area contributed by atoms with Gasteiger partial charge in [0.2, 0.25) is 0 Å². The Balaban J connectivity index is 2.36. The third-order valence-electron chi connectivity index (χ3n) is 2.64. The fourth-order valence-electron chi connectivity index (χ4n) is 1.91. The largest absolute Gasteiger partial charge is 0.395 e. The van der Waals surface area contributed by atoms with Gasteiger partial charge in [-0.25, -0.2) is 0 Å². The van der Waals surface area contributed by atoms with Gasteiger partial charge in [0.25, 0.3) is 0 Å². The number of piperidine rings is 1. The maximum absolute atomic E-state index is 11.3. The van der Waals surface area contributed by atoms with E-state index in [4.69, 9.17) is 9.84 Å². The molecular weight excluding hydrogens is 182 g/mol. The molecule has 1 unspecified atom stereocenters. The van der Waals surface area contributed by atoms with Gasteiger partial charge in [-0.2, -0.15) is 0 Å². The van der Waals surface area contributed by atoms with Crippen LogP contribution in [0.5, 0.6) is 0 Å². The van der Waals surface area contributed by atoms with E-state index in [9.17, 15) is 4.79 Å². The van der Waals surface area contributed by atoms with Crippen molar-refractivity contribution in [3.05, 3.63) is 0 Å². The van der Waals surface area contributed by atoms with Crippen molar-refractivity contribution in [2.45, 2.75) is 25.3 Å². The number of carbonyl (C=O) groups is 1. The second-order valence-electron chi connectivity index (χ2n) is 3.77. The van der Waals surface area contributed by atoms with Gasteiger partial charge in [0, 0.05) is 13.2 Å². The first-order valence-corrected chi connectivity index (χ1v) is 5.13. The van der Waals surface area contributed by atoms with Gasteiger partial charge in [-0.05, 0) is 19.4 Å². The number of aliphatic hydroxyl groups excluding tert-OH is 1. The number of methoxy groups -OCH3 is 1. The SMILES string of the molecule is COCC(=O)CN1CCCCC1CO. The average molecular weight is 201 g/mol. The topological polar surface area (TPSA) is 49.8 Å². The van der Waals surface area contributed by atoms with Crippen LogP contribution in [0.15, 0.2) is 0 Å². The molecule has 0 aromatic carbocycles. The van der Waals surface area contributed by atoms with Gasteiger partial charge in [-0.3, -0.25) is 9.69 Å². The fourth-order valence-corrected chi connectivity index (χ4v) is 1.91. The highest BCUT2D eigenvalue weighted by Crippen LogP contribution is 2.15. The summed E-state index contributed by atoms with van der Waals surface area (Å²) in [5.74, 6) is 0.0906. The Hall–Kier alpha value is -0.450. The van der Waals surface area contributed by atoms with Gasteiger partial charge >= 0.3 is 0 Å². The molecule has 1 atom stereocenters. The van der Waals surface area contributed by atoms with E-state index < -0.39 is 0 Å². The van der Waals surface area contributed by atoms with Gasteiger partial charge in [0.1, 0.15) is 6.61 Å². The van der Waals surface area contributed by atoms with Crippen molar-refractivity contribution in [3.63, 3.8) is 0 Å². The van der Waals surface area contributed by atoms with E-state index in [1.54, 1.807) is 0 Å². The molecule has 1 aliphatic heterocycles. The molecule has 0 aliphatic carbocycles. The standard InChI is InChI=1S/C10H19NO3/c1-14-8-10(13)6-11-5-3-2-4-9(11)7-12/h9,12H,2-8H2,1H3. The molecule has 0 spiro atoms. The zero-order valence-corrected chi connectivity index (χ0v) is 8.74. The number of nitrogens with zero attached hydrogens (tertiary/aromatic N) is 1. The molecule has 0 aromatic heterocycles. The first-order valence-electron chi connectivity index (χ1n) is 5.13. The number of carbonyl (C=O) groups excluding carboxylic acids is 1. The average Bonchev–Trinajstić information content (AvgIpc) is 2.19. The van der Waals surface area contributed by atoms with Crippen molar-refractivity contribution in [3.8, 4) is 0 Å². The van der Waals surface area contributed by atoms with Gasteiger partial charge < -0.3 is 9.84 Å². The monoisotopic (exact) mass is 201 g/mol. The number of ketones is 1. The van der Waals surface area contributed by atoms with Gasteiger partial charge in [-0.1, -0.05) is 6.42 Å². The molecule has 0 aromatic rings. The molecule has 4 nitrogen and oxygen atoms in total. The number of rotatable bonds is 5. The normalized spacial score (nSPS) is 23.7. The Kier molecular flexibility index (Phi) is 5.07. The lowest BCUT2D eigenvalue weighted by Crippen LogP contribution is -2.45. The Morgan fingerprint density at radius 3 is 3.00 bits per heavy atom. The molecule has 4 heteroatoms. The summed E-state index contributed by atoms with van der Waals surface area (Å²) in [6.07, 6.45) is 3.27. The summed E-state index contributed by atoms with van der Waals surface area (Å²) in [7, 11) is 1.53. The molecule has 0 amide bonds. The van der Waals surface area contributed by atoms with Crippen LogP contribution in [0, 0.1) is 0 Å². The van der Waals surface area contributed by atoms with E-state index in [0.29, 0.717) is 6.54 Å². The smallest absolute Gasteiger partial charge is 0.172 e. The highest BCUT2D eigenvalue weighted by Gasteiger charge is 2.23. The van der Waals surface area contributed by atoms with Crippen molar-refractivity contribution in [2.24, 2.45) is 0 Å². The Bertz CT molecular complexity index is 184. The summed E-state index contributed by atoms with van der Waals surface area (Å²) < 4.78 is 4.78. The van der Waals surface area contributed by atoms with Crippen LogP contribution >= 0.6 is 0 Å². The lowest BCUT2D eigenvalue weighted by Gasteiger charge is -2.33. The highest BCUT2D eigenvalue weighted by atomic mass is 16.5. The fraction of sp³-hybridized carbons (Fsp3) is 0.900. The number of hydrogen-bond donors (Lipinski definition) is 1. The molecule has 0 saturated carbocycles. The maximum Gasteiger partial charge on any atom is 0.172 e. The zero-order valence-electron chi connectivity index (χ0n) is 8.74. The summed E-state index contributed by atoms with van der Waals surface area (Å²) in [4.78, 5) is 13.4. The van der Waals surface area contributed by atoms with E-state index in [2.05, 4.69) is 4.90 Å². The molecule has 1 fully saturated rings. The lowest BCUT2D eigenvalue weighted by atomic mass is 10.0. The highest BCUT2D eigenvalue weighted by molar-refractivity contribution is 5.81. The van der Waals surface area contributed by atoms with Gasteiger partial charge in [0.15, 0.2) is 5.78 Å². The van der Waals surface area contributed by atoms with Gasteiger partial charge in [0.05, 0.1) is 13.2 Å². The van der Waals surface area contributed by atoms with E-state index in [0.717, 1.165) is 25.8 Å². The number of aliphatic hydroxyl groups is 1. The second-order valence-corrected chi connectivity index (χ2v) is 3.77. The third kappa shape index (κ3) is 3.36. The van der Waals surface area contributed by atoms with E-state index in [1.807, 2.05) is 0 Å². The molecule has 1 N–H and O–H groups in total. The second kappa shape index (κ2) is 6.11. The van der Waals surface area contributed by atoms with Gasteiger partial charge in [-0.15, -0.1) is 0 Å². The molecule has 0 bridgehead atoms. The summed E-state index contributed by atoms with van der Waals surface area (Å²) in [6, 6.07) is 0.171. The van der Waals surface area contributed by atoms with E-state index in [1.165, 1.54) is 7.11 Å². The van der Waals surface area contributed by atoms with Crippen LogP contribution in [0.4, 0.5) is 0 Å². The van der Waals surface area contributed by atoms with Crippen molar-refractivity contribution in [2.75, 3.05) is 33.4 Å². The molecule has 1 rings (SSSR count). The maximum atomic E-state index is 11.3. The number of ether oxygens (including phenoxy) is 1. The Morgan fingerprint density at radius 2 is 2.36 bits per heavy atom. The minimum absolute atomic E-state index is 0.0906. The van der Waals surface area contributed by atoms with E-state index in [-0.39, 0.29) is 25.0 Å². The summed E-state index contributed by atoms with van der Waals surface area (Å²) in [5.41, 5.74) is 0. The molecule has 1 heterocycles. The quantitative estimate of drug-likeness (QED) is 0.683. The third-order valence-corrected chi connectivity index (χ3v) is 2.64. The summed E-state index contributed by atoms with van der Waals surface area (Å²) in [6.45, 7) is 1.66. The van der Waals surface area contributed by atoms with Crippen LogP contribution in [0.1, 0.15) is 19.3 Å². The number of hydrogen-bond acceptors (Lipinski definition) is 4. The minimum Gasteiger partial charge on any atom is -0.395 e. The summed E-state index contributed by atoms with van der Waals surface area (Å²) in [5, 5.41) is 9.12. The lowest BCUT2D eigenvalue weighted by molar-refractivity contribution is -0.124. The van der Waals surface area contributed by atoms with Crippen molar-refractivity contribution in [1.29, 1.82) is 0 Å². The molecule has 1 aliphatic rings. The predicted octanol–water partition coefficient (Wildman–Crippen LogP) is 0.0487. The predicted molar refractivity (Wildman–Crippen MR) is 53.2 cm³/mol. The van der Waals surface area contributed by atoms with Crippen molar-refractivity contribution >= 4 is 5.78 Å². The molecule has 0 radical (unpaired) electrons. The summed E-state index contributed by atoms with van der Waals surface area (Å²) >= 11 is 0. The molecular formula is C10H19NO3. The molecule has 82 valence electrons. The number of Topliss-reactive ketones (excluding diaryl/α,β-unsaturated/α-hetero) is 1. The van der Waals surface area contributed by atoms with Crippen LogP contribution in [-0.2, 0) is 9.53 Å². The van der Waals surface area contributed by atoms with E-state index >= 15 is 0 Å². The van der Waals surface area contributed by atoms with Crippen LogP contribution < -0.4 is 0 Å². The first kappa shape index (κ1) is 11.6. The van der Waals surface area contributed by atoms with Crippen LogP contribution in [0.2, 0.25) is 0 Å². The minimum atomic E-state index is 0.0906. The molecule has 1 saturated heterocycles. The van der Waals surface area contributed by atoms with Crippen LogP contribution in [0.3, 0.4) is 0 Å². The van der Waals surface area contributed by atoms with Crippen LogP contribution in [0.25, 0.3) is 0 Å². The van der Waals surface area contributed by atoms with Crippen molar-refractivity contribution < 1.29 is 14.6 Å².